The van der Waals surface area contributed by atoms with E-state index < -0.39 is 18.0 Å². The maximum Gasteiger partial charge on any atom is 0.407 e. The summed E-state index contributed by atoms with van der Waals surface area (Å²) in [5.41, 5.74) is 6.44. The Morgan fingerprint density at radius 1 is 0.963 bits per heavy atom. The Labute approximate surface area is 156 Å². The number of fused-ring (bicyclic) bond motifs is 3. The number of hydroxylamine groups is 1. The van der Waals surface area contributed by atoms with Gasteiger partial charge in [0.25, 0.3) is 5.91 Å². The van der Waals surface area contributed by atoms with Crippen molar-refractivity contribution in [3.63, 3.8) is 0 Å². The molecule has 0 saturated heterocycles. The van der Waals surface area contributed by atoms with Gasteiger partial charge < -0.3 is 14.9 Å². The van der Waals surface area contributed by atoms with E-state index in [9.17, 15) is 14.4 Å². The lowest BCUT2D eigenvalue weighted by Crippen LogP contribution is -2.38. The fourth-order valence-electron chi connectivity index (χ4n) is 3.02. The van der Waals surface area contributed by atoms with E-state index in [2.05, 4.69) is 22.3 Å². The Bertz CT molecular complexity index is 819. The molecule has 0 fully saturated rings. The van der Waals surface area contributed by atoms with E-state index in [1.54, 1.807) is 6.92 Å². The number of rotatable bonds is 5. The van der Waals surface area contributed by atoms with Gasteiger partial charge in [-0.05, 0) is 22.3 Å². The molecule has 0 aliphatic heterocycles. The van der Waals surface area contributed by atoms with Crippen molar-refractivity contribution >= 4 is 18.0 Å². The largest absolute Gasteiger partial charge is 0.449 e. The fourth-order valence-corrected chi connectivity index (χ4v) is 3.02. The van der Waals surface area contributed by atoms with Crippen molar-refractivity contribution in [2.75, 3.05) is 13.2 Å². The number of ether oxygens (including phenoxy) is 1. The third-order valence-electron chi connectivity index (χ3n) is 4.30. The van der Waals surface area contributed by atoms with Gasteiger partial charge >= 0.3 is 12.1 Å². The molecule has 0 bridgehead atoms. The number of amides is 2. The smallest absolute Gasteiger partial charge is 0.407 e. The van der Waals surface area contributed by atoms with Crippen molar-refractivity contribution in [1.82, 2.24) is 10.8 Å². The molecular formula is C20H20N2O5. The molecule has 0 heterocycles. The lowest BCUT2D eigenvalue weighted by Gasteiger charge is -2.14. The number of benzene rings is 2. The molecule has 7 nitrogen and oxygen atoms in total. The van der Waals surface area contributed by atoms with Crippen molar-refractivity contribution in [2.45, 2.75) is 19.3 Å². The van der Waals surface area contributed by atoms with Crippen LogP contribution >= 0.6 is 0 Å². The summed E-state index contributed by atoms with van der Waals surface area (Å²) in [6.07, 6.45) is -0.575. The van der Waals surface area contributed by atoms with E-state index in [1.807, 2.05) is 41.9 Å². The van der Waals surface area contributed by atoms with E-state index in [4.69, 9.17) is 4.74 Å². The van der Waals surface area contributed by atoms with Gasteiger partial charge in [-0.25, -0.2) is 9.59 Å². The Morgan fingerprint density at radius 2 is 1.56 bits per heavy atom. The third kappa shape index (κ3) is 4.25. The summed E-state index contributed by atoms with van der Waals surface area (Å²) < 4.78 is 5.30. The summed E-state index contributed by atoms with van der Waals surface area (Å²) in [5, 5.41) is 2.33. The molecule has 1 aliphatic carbocycles. The molecule has 2 amide bonds. The van der Waals surface area contributed by atoms with E-state index >= 15 is 0 Å². The molecule has 3 rings (SSSR count). The summed E-state index contributed by atoms with van der Waals surface area (Å²) in [7, 11) is 0. The van der Waals surface area contributed by atoms with Crippen LogP contribution < -0.4 is 10.8 Å². The molecule has 140 valence electrons. The number of alkyl carbamates (subject to hydrolysis) is 1. The highest BCUT2D eigenvalue weighted by molar-refractivity contribution is 5.83. The van der Waals surface area contributed by atoms with Crippen LogP contribution in [0.25, 0.3) is 11.1 Å². The number of hydrogen-bond acceptors (Lipinski definition) is 5. The fraction of sp³-hybridized carbons (Fsp3) is 0.250. The van der Waals surface area contributed by atoms with Crippen LogP contribution in [0.2, 0.25) is 0 Å². The van der Waals surface area contributed by atoms with Gasteiger partial charge in [0.1, 0.15) is 13.2 Å². The molecule has 1 aliphatic rings. The molecule has 0 saturated carbocycles. The highest BCUT2D eigenvalue weighted by Gasteiger charge is 2.28. The Morgan fingerprint density at radius 3 is 2.15 bits per heavy atom. The summed E-state index contributed by atoms with van der Waals surface area (Å²) in [4.78, 5) is 38.8. The van der Waals surface area contributed by atoms with Gasteiger partial charge in [-0.3, -0.25) is 4.79 Å². The minimum atomic E-state index is -0.714. The van der Waals surface area contributed by atoms with Gasteiger partial charge in [0, 0.05) is 12.3 Å². The molecule has 0 aromatic heterocycles. The monoisotopic (exact) mass is 368 g/mol. The summed E-state index contributed by atoms with van der Waals surface area (Å²) in [5.74, 6) is -1.27. The number of carbonyl (C=O) groups excluding carboxylic acids is 3. The minimum Gasteiger partial charge on any atom is -0.449 e. The molecule has 7 heteroatoms. The van der Waals surface area contributed by atoms with Crippen molar-refractivity contribution in [2.24, 2.45) is 0 Å². The first-order chi connectivity index (χ1) is 13.1. The molecule has 0 unspecified atom stereocenters. The van der Waals surface area contributed by atoms with E-state index in [0.717, 1.165) is 22.3 Å². The van der Waals surface area contributed by atoms with Crippen molar-refractivity contribution in [3.05, 3.63) is 59.7 Å². The maximum absolute atomic E-state index is 11.9. The number of hydrogen-bond donors (Lipinski definition) is 2. The van der Waals surface area contributed by atoms with Crippen LogP contribution in [0.4, 0.5) is 4.79 Å². The molecular weight excluding hydrogens is 348 g/mol. The lowest BCUT2D eigenvalue weighted by atomic mass is 9.98. The van der Waals surface area contributed by atoms with Crippen molar-refractivity contribution in [3.8, 4) is 11.1 Å². The standard InChI is InChI=1S/C20H20N2O5/c1-2-19(24)27-22-18(23)11-21-20(25)26-12-17-15-9-5-3-7-13(15)14-8-4-6-10-16(14)17/h3-10,17H,2,11-12H2,1H3,(H,21,25)(H,22,23). The molecule has 0 radical (unpaired) electrons. The first-order valence-electron chi connectivity index (χ1n) is 8.67. The second-order valence-corrected chi connectivity index (χ2v) is 6.03. The van der Waals surface area contributed by atoms with Crippen LogP contribution in [-0.4, -0.2) is 31.1 Å². The van der Waals surface area contributed by atoms with Gasteiger partial charge in [-0.15, -0.1) is 0 Å². The second kappa shape index (κ2) is 8.35. The average Bonchev–Trinajstić information content (AvgIpc) is 3.02. The molecule has 2 aromatic rings. The Hall–Kier alpha value is -3.35. The molecule has 2 N–H and O–H groups in total. The third-order valence-corrected chi connectivity index (χ3v) is 4.30. The van der Waals surface area contributed by atoms with Crippen molar-refractivity contribution < 1.29 is 24.0 Å². The molecule has 2 aromatic carbocycles. The topological polar surface area (TPSA) is 93.7 Å². The summed E-state index contributed by atoms with van der Waals surface area (Å²) in [6.45, 7) is 1.41. The Kier molecular flexibility index (Phi) is 5.71. The highest BCUT2D eigenvalue weighted by Crippen LogP contribution is 2.44. The second-order valence-electron chi connectivity index (χ2n) is 6.03. The molecule has 0 spiro atoms. The first-order valence-corrected chi connectivity index (χ1v) is 8.67. The van der Waals surface area contributed by atoms with Crippen LogP contribution in [0.5, 0.6) is 0 Å². The quantitative estimate of drug-likeness (QED) is 0.791. The normalized spacial score (nSPS) is 11.9. The zero-order valence-corrected chi connectivity index (χ0v) is 14.9. The van der Waals surface area contributed by atoms with Crippen LogP contribution in [-0.2, 0) is 19.2 Å². The van der Waals surface area contributed by atoms with Crippen LogP contribution in [0.3, 0.4) is 0 Å². The zero-order chi connectivity index (χ0) is 19.2. The van der Waals surface area contributed by atoms with Gasteiger partial charge in [-0.2, -0.15) is 5.48 Å². The van der Waals surface area contributed by atoms with Crippen LogP contribution in [0.15, 0.2) is 48.5 Å². The first kappa shape index (κ1) is 18.4. The predicted octanol–water partition coefficient (Wildman–Crippen LogP) is 2.51. The highest BCUT2D eigenvalue weighted by atomic mass is 16.7. The van der Waals surface area contributed by atoms with Gasteiger partial charge in [-0.1, -0.05) is 55.5 Å². The number of nitrogens with one attached hydrogen (secondary N) is 2. The molecule has 27 heavy (non-hydrogen) atoms. The van der Waals surface area contributed by atoms with Crippen molar-refractivity contribution in [1.29, 1.82) is 0 Å². The average molecular weight is 368 g/mol. The number of carbonyl (C=O) groups is 3. The zero-order valence-electron chi connectivity index (χ0n) is 14.9. The van der Waals surface area contributed by atoms with Gasteiger partial charge in [0.05, 0.1) is 0 Å². The predicted molar refractivity (Wildman–Crippen MR) is 97.6 cm³/mol. The van der Waals surface area contributed by atoms with E-state index in [-0.39, 0.29) is 25.5 Å². The van der Waals surface area contributed by atoms with Gasteiger partial charge in [0.2, 0.25) is 0 Å². The van der Waals surface area contributed by atoms with Crippen LogP contribution in [0, 0.1) is 0 Å². The maximum atomic E-state index is 11.9. The minimum absolute atomic E-state index is 0.0533. The van der Waals surface area contributed by atoms with E-state index in [1.165, 1.54) is 0 Å². The summed E-state index contributed by atoms with van der Waals surface area (Å²) >= 11 is 0. The van der Waals surface area contributed by atoms with E-state index in [0.29, 0.717) is 0 Å². The van der Waals surface area contributed by atoms with Crippen LogP contribution in [0.1, 0.15) is 30.4 Å². The SMILES string of the molecule is CCC(=O)ONC(=O)CNC(=O)OCC1c2ccccc2-c2ccccc21. The molecule has 0 atom stereocenters. The van der Waals surface area contributed by atoms with Gasteiger partial charge in [0.15, 0.2) is 0 Å². The lowest BCUT2D eigenvalue weighted by molar-refractivity contribution is -0.157. The summed E-state index contributed by atoms with van der Waals surface area (Å²) in [6, 6.07) is 16.0. The Balaban J connectivity index is 1.54.